The number of nitrogens with zero attached hydrogens (tertiary/aromatic N) is 3. The first-order valence-corrected chi connectivity index (χ1v) is 8.15. The second-order valence-corrected chi connectivity index (χ2v) is 5.38. The number of benzene rings is 1. The van der Waals surface area contributed by atoms with Gasteiger partial charge in [-0.3, -0.25) is 4.99 Å². The number of nitrogens with one attached hydrogen (secondary N) is 1. The Morgan fingerprint density at radius 2 is 1.79 bits per heavy atom. The van der Waals surface area contributed by atoms with E-state index in [1.807, 2.05) is 13.0 Å². The first-order valence-electron chi connectivity index (χ1n) is 8.15. The maximum atomic E-state index is 11.7. The van der Waals surface area contributed by atoms with E-state index in [2.05, 4.69) is 39.5 Å². The molecule has 1 aromatic rings. The van der Waals surface area contributed by atoms with E-state index in [1.165, 1.54) is 5.56 Å². The largest absolute Gasteiger partial charge is 0.450 e. The molecule has 1 heterocycles. The predicted molar refractivity (Wildman–Crippen MR) is 107 cm³/mol. The predicted octanol–water partition coefficient (Wildman–Crippen LogP) is 2.20. The fourth-order valence-electron chi connectivity index (χ4n) is 2.61. The zero-order valence-electron chi connectivity index (χ0n) is 14.4. The lowest BCUT2D eigenvalue weighted by molar-refractivity contribution is 0.0915. The van der Waals surface area contributed by atoms with Crippen LogP contribution in [0.2, 0.25) is 0 Å². The lowest BCUT2D eigenvalue weighted by Gasteiger charge is -2.35. The van der Waals surface area contributed by atoms with Crippen LogP contribution < -0.4 is 5.32 Å². The molecule has 0 unspecified atom stereocenters. The zero-order chi connectivity index (χ0) is 16.5. The third-order valence-electron chi connectivity index (χ3n) is 3.86. The molecule has 0 radical (unpaired) electrons. The fraction of sp³-hybridized carbons (Fsp3) is 0.529. The second-order valence-electron chi connectivity index (χ2n) is 5.38. The molecular weight excluding hydrogens is 419 g/mol. The van der Waals surface area contributed by atoms with Crippen LogP contribution in [0, 0.1) is 0 Å². The van der Waals surface area contributed by atoms with Gasteiger partial charge >= 0.3 is 6.09 Å². The molecule has 0 aromatic heterocycles. The molecule has 1 saturated heterocycles. The van der Waals surface area contributed by atoms with Crippen LogP contribution in [-0.2, 0) is 11.2 Å². The molecule has 1 fully saturated rings. The van der Waals surface area contributed by atoms with Gasteiger partial charge < -0.3 is 19.9 Å². The summed E-state index contributed by atoms with van der Waals surface area (Å²) in [6.45, 7) is 5.95. The Bertz CT molecular complexity index is 517. The summed E-state index contributed by atoms with van der Waals surface area (Å²) in [6.07, 6.45) is 0.738. The molecule has 1 aliphatic heterocycles. The van der Waals surface area contributed by atoms with Gasteiger partial charge in [0, 0.05) is 39.8 Å². The van der Waals surface area contributed by atoms with E-state index in [0.717, 1.165) is 32.0 Å². The highest BCUT2D eigenvalue weighted by Gasteiger charge is 2.23. The molecule has 24 heavy (non-hydrogen) atoms. The minimum atomic E-state index is -0.223. The van der Waals surface area contributed by atoms with Gasteiger partial charge in [0.15, 0.2) is 5.96 Å². The highest BCUT2D eigenvalue weighted by molar-refractivity contribution is 14.0. The third kappa shape index (κ3) is 6.18. The van der Waals surface area contributed by atoms with Crippen molar-refractivity contribution in [3.8, 4) is 0 Å². The van der Waals surface area contributed by atoms with Gasteiger partial charge in [-0.2, -0.15) is 0 Å². The Balaban J connectivity index is 0.00000288. The number of carbonyl (C=O) groups excluding carboxylic acids is 1. The van der Waals surface area contributed by atoms with E-state index in [9.17, 15) is 4.79 Å². The van der Waals surface area contributed by atoms with E-state index < -0.39 is 0 Å². The highest BCUT2D eigenvalue weighted by atomic mass is 127. The van der Waals surface area contributed by atoms with Gasteiger partial charge in [-0.05, 0) is 18.9 Å². The lowest BCUT2D eigenvalue weighted by Crippen LogP contribution is -2.54. The molecule has 7 heteroatoms. The molecule has 0 atom stereocenters. The van der Waals surface area contributed by atoms with Crippen LogP contribution in [0.1, 0.15) is 12.5 Å². The van der Waals surface area contributed by atoms with E-state index in [1.54, 1.807) is 11.9 Å². The van der Waals surface area contributed by atoms with E-state index in [4.69, 9.17) is 4.74 Å². The summed E-state index contributed by atoms with van der Waals surface area (Å²) in [5, 5.41) is 3.40. The average Bonchev–Trinajstić information content (AvgIpc) is 2.60. The number of piperazine rings is 1. The molecule has 134 valence electrons. The molecule has 2 rings (SSSR count). The minimum Gasteiger partial charge on any atom is -0.450 e. The van der Waals surface area contributed by atoms with Crippen molar-refractivity contribution < 1.29 is 9.53 Å². The van der Waals surface area contributed by atoms with Crippen LogP contribution in [0.5, 0.6) is 0 Å². The molecule has 0 aliphatic carbocycles. The van der Waals surface area contributed by atoms with Crippen LogP contribution >= 0.6 is 24.0 Å². The van der Waals surface area contributed by atoms with Gasteiger partial charge in [0.25, 0.3) is 0 Å². The SMILES string of the molecule is CCOC(=O)N1CCN(C(=NC)NCCc2ccccc2)CC1.I. The van der Waals surface area contributed by atoms with Crippen LogP contribution in [0.15, 0.2) is 35.3 Å². The highest BCUT2D eigenvalue weighted by Crippen LogP contribution is 2.05. The normalized spacial score (nSPS) is 14.8. The van der Waals surface area contributed by atoms with Gasteiger partial charge in [-0.1, -0.05) is 30.3 Å². The van der Waals surface area contributed by atoms with Crippen molar-refractivity contribution >= 4 is 36.0 Å². The molecule has 0 spiro atoms. The van der Waals surface area contributed by atoms with Crippen LogP contribution in [-0.4, -0.2) is 68.2 Å². The summed E-state index contributed by atoms with van der Waals surface area (Å²) >= 11 is 0. The summed E-state index contributed by atoms with van der Waals surface area (Å²) < 4.78 is 5.04. The second kappa shape index (κ2) is 11.1. The van der Waals surface area contributed by atoms with E-state index in [-0.39, 0.29) is 30.1 Å². The van der Waals surface area contributed by atoms with Gasteiger partial charge in [-0.15, -0.1) is 24.0 Å². The quantitative estimate of drug-likeness (QED) is 0.438. The maximum Gasteiger partial charge on any atom is 0.409 e. The number of aliphatic imine (C=N–C) groups is 1. The van der Waals surface area contributed by atoms with Crippen molar-refractivity contribution in [1.29, 1.82) is 0 Å². The monoisotopic (exact) mass is 446 g/mol. The summed E-state index contributed by atoms with van der Waals surface area (Å²) in [6, 6.07) is 10.4. The molecule has 0 saturated carbocycles. The summed E-state index contributed by atoms with van der Waals surface area (Å²) in [5.41, 5.74) is 1.31. The Morgan fingerprint density at radius 3 is 2.38 bits per heavy atom. The van der Waals surface area contributed by atoms with Crippen molar-refractivity contribution in [2.45, 2.75) is 13.3 Å². The lowest BCUT2D eigenvalue weighted by atomic mass is 10.1. The molecule has 1 aromatic carbocycles. The molecule has 1 aliphatic rings. The molecule has 1 amide bonds. The number of hydrogen-bond donors (Lipinski definition) is 1. The number of carbonyl (C=O) groups is 1. The van der Waals surface area contributed by atoms with Gasteiger partial charge in [0.2, 0.25) is 0 Å². The van der Waals surface area contributed by atoms with Crippen molar-refractivity contribution in [1.82, 2.24) is 15.1 Å². The number of hydrogen-bond acceptors (Lipinski definition) is 3. The number of halogens is 1. The van der Waals surface area contributed by atoms with E-state index >= 15 is 0 Å². The number of ether oxygens (including phenoxy) is 1. The Labute approximate surface area is 161 Å². The van der Waals surface area contributed by atoms with Crippen molar-refractivity contribution in [2.24, 2.45) is 4.99 Å². The number of guanidine groups is 1. The Morgan fingerprint density at radius 1 is 1.17 bits per heavy atom. The molecule has 1 N–H and O–H groups in total. The zero-order valence-corrected chi connectivity index (χ0v) is 16.7. The fourth-order valence-corrected chi connectivity index (χ4v) is 2.61. The topological polar surface area (TPSA) is 57.2 Å². The smallest absolute Gasteiger partial charge is 0.409 e. The molecular formula is C17H27IN4O2. The number of rotatable bonds is 4. The summed E-state index contributed by atoms with van der Waals surface area (Å²) in [5.74, 6) is 0.893. The first-order chi connectivity index (χ1) is 11.2. The standard InChI is InChI=1S/C17H26N4O2.HI/c1-3-23-17(22)21-13-11-20(12-14-21)16(18-2)19-10-9-15-7-5-4-6-8-15;/h4-8H,3,9-14H2,1-2H3,(H,18,19);1H. The molecule has 0 bridgehead atoms. The van der Waals surface area contributed by atoms with Crippen molar-refractivity contribution in [3.63, 3.8) is 0 Å². The first kappa shape index (κ1) is 20.5. The Hall–Kier alpha value is -1.51. The summed E-state index contributed by atoms with van der Waals surface area (Å²) in [4.78, 5) is 20.0. The van der Waals surface area contributed by atoms with Crippen LogP contribution in [0.25, 0.3) is 0 Å². The van der Waals surface area contributed by atoms with Gasteiger partial charge in [0.1, 0.15) is 0 Å². The number of amides is 1. The van der Waals surface area contributed by atoms with Gasteiger partial charge in [-0.25, -0.2) is 4.79 Å². The van der Waals surface area contributed by atoms with E-state index in [0.29, 0.717) is 19.7 Å². The van der Waals surface area contributed by atoms with Crippen molar-refractivity contribution in [2.75, 3.05) is 46.4 Å². The van der Waals surface area contributed by atoms with Crippen LogP contribution in [0.3, 0.4) is 0 Å². The van der Waals surface area contributed by atoms with Gasteiger partial charge in [0.05, 0.1) is 6.61 Å². The van der Waals surface area contributed by atoms with Crippen LogP contribution in [0.4, 0.5) is 4.79 Å². The molecule has 6 nitrogen and oxygen atoms in total. The summed E-state index contributed by atoms with van der Waals surface area (Å²) in [7, 11) is 1.79. The maximum absolute atomic E-state index is 11.7. The average molecular weight is 446 g/mol. The van der Waals surface area contributed by atoms with Crippen molar-refractivity contribution in [3.05, 3.63) is 35.9 Å². The third-order valence-corrected chi connectivity index (χ3v) is 3.86. The minimum absolute atomic E-state index is 0. The Kier molecular flexibility index (Phi) is 9.51.